The van der Waals surface area contributed by atoms with Gasteiger partial charge in [0.1, 0.15) is 17.7 Å². The van der Waals surface area contributed by atoms with Crippen molar-refractivity contribution in [3.05, 3.63) is 81.5 Å². The van der Waals surface area contributed by atoms with E-state index in [1.807, 2.05) is 0 Å². The van der Waals surface area contributed by atoms with Gasteiger partial charge in [-0.25, -0.2) is 14.6 Å². The van der Waals surface area contributed by atoms with Crippen LogP contribution in [0.3, 0.4) is 0 Å². The van der Waals surface area contributed by atoms with Crippen molar-refractivity contribution in [2.24, 2.45) is 11.0 Å². The Morgan fingerprint density at radius 3 is 2.12 bits per heavy atom. The van der Waals surface area contributed by atoms with E-state index in [4.69, 9.17) is 30.2 Å². The summed E-state index contributed by atoms with van der Waals surface area (Å²) in [5.74, 6) is -4.17. The monoisotopic (exact) mass is 583 g/mol. The smallest absolute Gasteiger partial charge is 0.337 e. The zero-order valence-corrected chi connectivity index (χ0v) is 23.8. The van der Waals surface area contributed by atoms with Gasteiger partial charge in [0, 0.05) is 22.8 Å². The summed E-state index contributed by atoms with van der Waals surface area (Å²) in [6, 6.07) is 9.89. The molecule has 1 amide bonds. The molecule has 4 rings (SSSR count). The molecule has 11 nitrogen and oxygen atoms in total. The maximum Gasteiger partial charge on any atom is 0.337 e. The average molecular weight is 584 g/mol. The summed E-state index contributed by atoms with van der Waals surface area (Å²) >= 11 is 6.02. The van der Waals surface area contributed by atoms with Crippen LogP contribution in [0.25, 0.3) is 0 Å². The number of ether oxygens (including phenoxy) is 3. The van der Waals surface area contributed by atoms with Crippen LogP contribution < -0.4 is 5.32 Å². The van der Waals surface area contributed by atoms with Crippen LogP contribution in [0.1, 0.15) is 51.5 Å². The number of nitrogens with zero attached hydrogens (tertiary/aromatic N) is 2. The predicted octanol–water partition coefficient (Wildman–Crippen LogP) is 4.05. The summed E-state index contributed by atoms with van der Waals surface area (Å²) in [4.78, 5) is 52.6. The van der Waals surface area contributed by atoms with Crippen molar-refractivity contribution in [3.63, 3.8) is 0 Å². The van der Waals surface area contributed by atoms with E-state index in [0.29, 0.717) is 34.3 Å². The molecular weight excluding hydrogens is 554 g/mol. The lowest BCUT2D eigenvalue weighted by Gasteiger charge is -2.28. The average Bonchev–Trinajstić information content (AvgIpc) is 3.62. The first kappa shape index (κ1) is 29.6. The van der Waals surface area contributed by atoms with E-state index in [0.717, 1.165) is 5.56 Å². The molecule has 2 aromatic rings. The molecule has 216 valence electrons. The highest BCUT2D eigenvalue weighted by molar-refractivity contribution is 6.30. The van der Waals surface area contributed by atoms with E-state index in [2.05, 4.69) is 10.4 Å². The number of halogens is 1. The van der Waals surface area contributed by atoms with Crippen molar-refractivity contribution in [2.45, 2.75) is 40.2 Å². The first-order valence-electron chi connectivity index (χ1n) is 13.0. The van der Waals surface area contributed by atoms with Gasteiger partial charge in [0.25, 0.3) is 5.91 Å². The van der Waals surface area contributed by atoms with Gasteiger partial charge in [0.05, 0.1) is 36.3 Å². The highest BCUT2D eigenvalue weighted by atomic mass is 35.5. The number of dihydropyridines is 1. The highest BCUT2D eigenvalue weighted by Crippen LogP contribution is 2.35. The van der Waals surface area contributed by atoms with Crippen molar-refractivity contribution in [2.75, 3.05) is 19.8 Å². The Hall–Kier alpha value is -4.38. The summed E-state index contributed by atoms with van der Waals surface area (Å²) in [7, 11) is 0. The summed E-state index contributed by atoms with van der Waals surface area (Å²) in [6.07, 6.45) is 1.85. The number of rotatable bonds is 9. The van der Waals surface area contributed by atoms with Crippen molar-refractivity contribution < 1.29 is 37.8 Å². The van der Waals surface area contributed by atoms with Gasteiger partial charge in [-0.1, -0.05) is 23.7 Å². The van der Waals surface area contributed by atoms with E-state index < -0.39 is 42.4 Å². The van der Waals surface area contributed by atoms with Gasteiger partial charge < -0.3 is 23.9 Å². The minimum atomic E-state index is -1.46. The standard InChI is InChI=1S/C29H30ClN3O8/c1-5-38-27(35)24-16(3)31-17(4)25(28(36)39-6-2)26(24)29(37)41-15-23(34)33-21(22-8-7-13-40-22)14-20(32-33)18-9-11-19(30)12-10-18/h7-13,21,26,31H,5-6,14-15H2,1-4H3. The van der Waals surface area contributed by atoms with Crippen molar-refractivity contribution >= 4 is 41.1 Å². The molecule has 0 saturated carbocycles. The van der Waals surface area contributed by atoms with Crippen LogP contribution in [0, 0.1) is 5.92 Å². The van der Waals surface area contributed by atoms with Crippen LogP contribution in [0.2, 0.25) is 5.02 Å². The number of carbonyl (C=O) groups excluding carboxylic acids is 4. The second-order valence-electron chi connectivity index (χ2n) is 9.21. The van der Waals surface area contributed by atoms with Crippen molar-refractivity contribution in [1.29, 1.82) is 0 Å². The number of esters is 3. The number of nitrogens with one attached hydrogen (secondary N) is 1. The van der Waals surface area contributed by atoms with Crippen LogP contribution in [-0.4, -0.2) is 54.4 Å². The third kappa shape index (κ3) is 6.35. The molecule has 2 aliphatic heterocycles. The number of hydrogen-bond acceptors (Lipinski definition) is 10. The Labute approximate surface area is 241 Å². The lowest BCUT2D eigenvalue weighted by molar-refractivity contribution is -0.157. The second kappa shape index (κ2) is 12.9. The summed E-state index contributed by atoms with van der Waals surface area (Å²) < 4.78 is 21.3. The summed E-state index contributed by atoms with van der Waals surface area (Å²) in [5, 5.41) is 9.21. The van der Waals surface area contributed by atoms with Crippen LogP contribution in [0.5, 0.6) is 0 Å². The molecule has 3 heterocycles. The van der Waals surface area contributed by atoms with Gasteiger partial charge in [-0.15, -0.1) is 0 Å². The number of carbonyl (C=O) groups is 4. The van der Waals surface area contributed by atoms with Gasteiger partial charge >= 0.3 is 17.9 Å². The van der Waals surface area contributed by atoms with Gasteiger partial charge in [0.2, 0.25) is 0 Å². The zero-order valence-electron chi connectivity index (χ0n) is 23.1. The van der Waals surface area contributed by atoms with E-state index in [-0.39, 0.29) is 24.4 Å². The predicted molar refractivity (Wildman–Crippen MR) is 147 cm³/mol. The number of hydrogen-bond donors (Lipinski definition) is 1. The van der Waals surface area contributed by atoms with E-state index in [9.17, 15) is 19.2 Å². The molecule has 1 unspecified atom stereocenters. The Kier molecular flexibility index (Phi) is 9.28. The fourth-order valence-corrected chi connectivity index (χ4v) is 4.86. The zero-order chi connectivity index (χ0) is 29.7. The second-order valence-corrected chi connectivity index (χ2v) is 9.65. The molecular formula is C29H30ClN3O8. The van der Waals surface area contributed by atoms with Crippen LogP contribution in [0.15, 0.2) is 74.7 Å². The minimum Gasteiger partial charge on any atom is -0.467 e. The van der Waals surface area contributed by atoms with Gasteiger partial charge in [-0.2, -0.15) is 5.10 Å². The molecule has 1 atom stereocenters. The Balaban J connectivity index is 1.59. The molecule has 0 bridgehead atoms. The van der Waals surface area contributed by atoms with Crippen LogP contribution in [0.4, 0.5) is 0 Å². The quantitative estimate of drug-likeness (QED) is 0.342. The van der Waals surface area contributed by atoms with E-state index in [1.165, 1.54) is 11.3 Å². The van der Waals surface area contributed by atoms with Gasteiger partial charge in [-0.05, 0) is 57.5 Å². The third-order valence-corrected chi connectivity index (χ3v) is 6.79. The van der Waals surface area contributed by atoms with Gasteiger partial charge in [-0.3, -0.25) is 9.59 Å². The van der Waals surface area contributed by atoms with Crippen LogP contribution >= 0.6 is 11.6 Å². The number of furan rings is 1. The molecule has 0 aliphatic carbocycles. The summed E-state index contributed by atoms with van der Waals surface area (Å²) in [6.45, 7) is 5.78. The largest absolute Gasteiger partial charge is 0.467 e. The lowest BCUT2D eigenvalue weighted by Crippen LogP contribution is -2.39. The van der Waals surface area contributed by atoms with E-state index >= 15 is 0 Å². The van der Waals surface area contributed by atoms with Crippen molar-refractivity contribution in [3.8, 4) is 0 Å². The molecule has 41 heavy (non-hydrogen) atoms. The normalized spacial score (nSPS) is 17.2. The number of benzene rings is 1. The molecule has 12 heteroatoms. The Morgan fingerprint density at radius 2 is 1.59 bits per heavy atom. The molecule has 1 aromatic heterocycles. The van der Waals surface area contributed by atoms with Gasteiger partial charge in [0.15, 0.2) is 6.61 Å². The molecule has 0 spiro atoms. The molecule has 0 radical (unpaired) electrons. The maximum absolute atomic E-state index is 13.5. The molecule has 0 saturated heterocycles. The molecule has 1 aromatic carbocycles. The SMILES string of the molecule is CCOC(=O)C1=C(C)NC(C)=C(C(=O)OCC)C1C(=O)OCC(=O)N1N=C(c2ccc(Cl)cc2)CC1c1ccco1. The Morgan fingerprint density at radius 1 is 0.976 bits per heavy atom. The molecule has 0 fully saturated rings. The number of allylic oxidation sites excluding steroid dienone is 2. The first-order valence-corrected chi connectivity index (χ1v) is 13.4. The fraction of sp³-hybridized carbons (Fsp3) is 0.345. The third-order valence-electron chi connectivity index (χ3n) is 6.54. The number of amides is 1. The molecule has 2 aliphatic rings. The summed E-state index contributed by atoms with van der Waals surface area (Å²) in [5.41, 5.74) is 1.82. The van der Waals surface area contributed by atoms with Crippen molar-refractivity contribution in [1.82, 2.24) is 10.3 Å². The lowest BCUT2D eigenvalue weighted by atomic mass is 9.85. The molecule has 1 N–H and O–H groups in total. The maximum atomic E-state index is 13.5. The van der Waals surface area contributed by atoms with E-state index in [1.54, 1.807) is 64.1 Å². The fourth-order valence-electron chi connectivity index (χ4n) is 4.73. The topological polar surface area (TPSA) is 137 Å². The highest BCUT2D eigenvalue weighted by Gasteiger charge is 2.43. The van der Waals surface area contributed by atoms with Crippen LogP contribution in [-0.2, 0) is 33.4 Å². The Bertz CT molecular complexity index is 1390. The number of hydrazone groups is 1. The first-order chi connectivity index (χ1) is 19.7. The minimum absolute atomic E-state index is 0.0460.